The van der Waals surface area contributed by atoms with Gasteiger partial charge in [0.2, 0.25) is 0 Å². The molecule has 34 heavy (non-hydrogen) atoms. The van der Waals surface area contributed by atoms with E-state index in [1.54, 1.807) is 17.4 Å². The standard InChI is InChI=1S/C24H20N8O.Pt/c1-2-10-22-21(9-1)30-15-29(23-24(30)26-12-11-25-23)17-5-3-7-19(13-17)33-20-8-4-6-18(14-20)31-16-32(22)28-27-31;/h3-8,11-12,15-16,21-22H,1-2,9-10H2;/q-4;+4. The van der Waals surface area contributed by atoms with Gasteiger partial charge in [0.05, 0.1) is 0 Å². The van der Waals surface area contributed by atoms with Crippen LogP contribution in [0.1, 0.15) is 25.7 Å². The Balaban J connectivity index is 0.00000217. The average molecular weight is 632 g/mol. The van der Waals surface area contributed by atoms with Crippen molar-refractivity contribution in [3.05, 3.63) is 74.3 Å². The number of anilines is 4. The second-order valence-electron chi connectivity index (χ2n) is 8.44. The molecular formula is C24H20N8OPt. The molecule has 1 saturated carbocycles. The fourth-order valence-electron chi connectivity index (χ4n) is 4.95. The van der Waals surface area contributed by atoms with E-state index in [0.29, 0.717) is 11.5 Å². The van der Waals surface area contributed by atoms with Gasteiger partial charge in [0.25, 0.3) is 0 Å². The quantitative estimate of drug-likeness (QED) is 0.331. The molecule has 4 heterocycles. The van der Waals surface area contributed by atoms with E-state index in [1.165, 1.54) is 0 Å². The van der Waals surface area contributed by atoms with Crippen LogP contribution in [-0.4, -0.2) is 27.1 Å². The smallest absolute Gasteiger partial charge is 0.509 e. The van der Waals surface area contributed by atoms with Crippen LogP contribution >= 0.6 is 0 Å². The van der Waals surface area contributed by atoms with Gasteiger partial charge in [-0.25, -0.2) is 9.97 Å². The van der Waals surface area contributed by atoms with Crippen molar-refractivity contribution in [3.8, 4) is 11.5 Å². The molecule has 0 N–H and O–H groups in total. The van der Waals surface area contributed by atoms with Gasteiger partial charge >= 0.3 is 21.1 Å². The fourth-order valence-corrected chi connectivity index (χ4v) is 4.95. The zero-order chi connectivity index (χ0) is 21.8. The number of hydrogen-bond acceptors (Lipinski definition) is 9. The summed E-state index contributed by atoms with van der Waals surface area (Å²) < 4.78 is 6.10. The van der Waals surface area contributed by atoms with E-state index in [0.717, 1.165) is 48.7 Å². The minimum Gasteiger partial charge on any atom is -0.509 e. The summed E-state index contributed by atoms with van der Waals surface area (Å²) in [5.74, 6) is 2.80. The van der Waals surface area contributed by atoms with Gasteiger partial charge in [-0.2, -0.15) is 12.1 Å². The van der Waals surface area contributed by atoms with Gasteiger partial charge in [-0.15, -0.1) is 49.7 Å². The summed E-state index contributed by atoms with van der Waals surface area (Å²) in [6, 6.07) is 18.6. The van der Waals surface area contributed by atoms with Crippen molar-refractivity contribution < 1.29 is 25.8 Å². The van der Waals surface area contributed by atoms with E-state index in [2.05, 4.69) is 39.1 Å². The molecule has 9 nitrogen and oxygen atoms in total. The zero-order valence-corrected chi connectivity index (χ0v) is 20.3. The van der Waals surface area contributed by atoms with Crippen LogP contribution < -0.4 is 19.5 Å². The zero-order valence-electron chi connectivity index (χ0n) is 18.1. The summed E-state index contributed by atoms with van der Waals surface area (Å²) in [4.78, 5) is 13.6. The molecule has 7 rings (SSSR count). The molecule has 8 bridgehead atoms. The molecule has 0 spiro atoms. The molecule has 1 fully saturated rings. The Kier molecular flexibility index (Phi) is 5.37. The Bertz CT molecular complexity index is 1240. The fraction of sp³-hybridized carbons (Fsp3) is 0.250. The van der Waals surface area contributed by atoms with Crippen LogP contribution in [0, 0.1) is 25.5 Å². The van der Waals surface area contributed by atoms with Crippen molar-refractivity contribution in [1.29, 1.82) is 0 Å². The van der Waals surface area contributed by atoms with Crippen LogP contribution in [0.15, 0.2) is 59.2 Å². The second-order valence-corrected chi connectivity index (χ2v) is 8.44. The third kappa shape index (κ3) is 3.50. The first-order valence-corrected chi connectivity index (χ1v) is 11.1. The van der Waals surface area contributed by atoms with Crippen LogP contribution in [-0.2, 0) is 21.1 Å². The monoisotopic (exact) mass is 631 g/mol. The normalized spacial score (nSPS) is 22.2. The average Bonchev–Trinajstić information content (AvgIpc) is 3.50. The van der Waals surface area contributed by atoms with E-state index >= 15 is 0 Å². The Hall–Kier alpha value is -3.19. The van der Waals surface area contributed by atoms with E-state index in [4.69, 9.17) is 9.72 Å². The van der Waals surface area contributed by atoms with Crippen molar-refractivity contribution in [1.82, 2.24) is 15.0 Å². The summed E-state index contributed by atoms with van der Waals surface area (Å²) in [6.07, 6.45) is 7.81. The molecule has 3 aliphatic heterocycles. The van der Waals surface area contributed by atoms with Gasteiger partial charge < -0.3 is 24.6 Å². The number of rotatable bonds is 0. The second kappa shape index (κ2) is 8.54. The number of ether oxygens (including phenoxy) is 1. The summed E-state index contributed by atoms with van der Waals surface area (Å²) in [5, 5.41) is 12.6. The van der Waals surface area contributed by atoms with Gasteiger partial charge in [-0.1, -0.05) is 34.7 Å². The molecule has 2 aromatic carbocycles. The van der Waals surface area contributed by atoms with Gasteiger partial charge in [0, 0.05) is 36.0 Å². The Morgan fingerprint density at radius 2 is 1.53 bits per heavy atom. The molecule has 0 saturated heterocycles. The molecule has 3 aromatic rings. The van der Waals surface area contributed by atoms with Crippen LogP contribution in [0.5, 0.6) is 11.5 Å². The molecule has 0 radical (unpaired) electrons. The molecule has 10 heteroatoms. The largest absolute Gasteiger partial charge is 4.00 e. The maximum Gasteiger partial charge on any atom is 4.00 e. The predicted molar refractivity (Wildman–Crippen MR) is 121 cm³/mol. The van der Waals surface area contributed by atoms with Crippen LogP contribution in [0.3, 0.4) is 0 Å². The van der Waals surface area contributed by atoms with E-state index in [9.17, 15) is 0 Å². The Morgan fingerprint density at radius 1 is 0.824 bits per heavy atom. The Morgan fingerprint density at radius 3 is 2.35 bits per heavy atom. The molecule has 1 aliphatic carbocycles. The first-order chi connectivity index (χ1) is 16.3. The minimum atomic E-state index is 0. The molecule has 172 valence electrons. The minimum absolute atomic E-state index is 0. The van der Waals surface area contributed by atoms with Crippen LogP contribution in [0.25, 0.3) is 0 Å². The number of hydrogen-bond donors (Lipinski definition) is 0. The molecular weight excluding hydrogens is 611 g/mol. The molecule has 1 aromatic heterocycles. The van der Waals surface area contributed by atoms with Crippen molar-refractivity contribution in [2.75, 3.05) is 14.8 Å². The maximum absolute atomic E-state index is 6.10. The van der Waals surface area contributed by atoms with E-state index in [-0.39, 0.29) is 33.1 Å². The maximum atomic E-state index is 6.10. The summed E-state index contributed by atoms with van der Waals surface area (Å²) in [6.45, 7) is 4.02. The summed E-state index contributed by atoms with van der Waals surface area (Å²) in [7, 11) is 0. The molecule has 4 aliphatic rings. The van der Waals surface area contributed by atoms with Crippen molar-refractivity contribution in [2.45, 2.75) is 37.8 Å². The topological polar surface area (TPSA) is 72.7 Å². The van der Waals surface area contributed by atoms with Gasteiger partial charge in [-0.05, 0) is 12.8 Å². The summed E-state index contributed by atoms with van der Waals surface area (Å²) in [5.41, 5.74) is 1.61. The Labute approximate surface area is 212 Å². The van der Waals surface area contributed by atoms with Crippen LogP contribution in [0.4, 0.5) is 23.0 Å². The van der Waals surface area contributed by atoms with E-state index < -0.39 is 0 Å². The van der Waals surface area contributed by atoms with Crippen molar-refractivity contribution in [2.24, 2.45) is 10.4 Å². The SMILES string of the molecule is [Pt+4].[c-]1c2cccc1N1[CH-]N(N=N1)C1CCCCC1N1[CH-]N(c3[c-]c(ccc3)O2)c2nccnc21. The third-order valence-corrected chi connectivity index (χ3v) is 6.46. The predicted octanol–water partition coefficient (Wildman–Crippen LogP) is 4.79. The van der Waals surface area contributed by atoms with Crippen molar-refractivity contribution in [3.63, 3.8) is 0 Å². The number of benzene rings is 2. The molecule has 2 atom stereocenters. The number of aromatic nitrogens is 2. The number of fused-ring (bicyclic) bond motifs is 16. The number of nitrogens with zero attached hydrogens (tertiary/aromatic N) is 8. The van der Waals surface area contributed by atoms with Crippen LogP contribution in [0.2, 0.25) is 0 Å². The third-order valence-electron chi connectivity index (χ3n) is 6.46. The summed E-state index contributed by atoms with van der Waals surface area (Å²) >= 11 is 0. The molecule has 0 amide bonds. The molecule has 2 unspecified atom stereocenters. The van der Waals surface area contributed by atoms with Gasteiger partial charge in [-0.3, -0.25) is 0 Å². The van der Waals surface area contributed by atoms with E-state index in [1.807, 2.05) is 53.0 Å². The van der Waals surface area contributed by atoms with Gasteiger partial charge in [0.1, 0.15) is 11.6 Å². The van der Waals surface area contributed by atoms with Crippen molar-refractivity contribution >= 4 is 23.0 Å². The first kappa shape index (κ1) is 21.3. The van der Waals surface area contributed by atoms with Gasteiger partial charge in [0.15, 0.2) is 0 Å². The first-order valence-electron chi connectivity index (χ1n) is 11.1.